The first-order chi connectivity index (χ1) is 3.80. The number of rotatable bonds is 0. The summed E-state index contributed by atoms with van der Waals surface area (Å²) in [4.78, 5) is 0. The van der Waals surface area contributed by atoms with Gasteiger partial charge in [0.1, 0.15) is 0 Å². The van der Waals surface area contributed by atoms with Crippen LogP contribution in [0.3, 0.4) is 0 Å². The first-order valence-electron chi connectivity index (χ1n) is 2.45. The summed E-state index contributed by atoms with van der Waals surface area (Å²) >= 11 is 0. The van der Waals surface area contributed by atoms with Crippen molar-refractivity contribution in [2.75, 3.05) is 0 Å². The van der Waals surface area contributed by atoms with E-state index in [1.807, 2.05) is 6.08 Å². The molecule has 0 spiro atoms. The van der Waals surface area contributed by atoms with Crippen LogP contribution in [0, 0.1) is 0 Å². The van der Waals surface area contributed by atoms with E-state index in [0.29, 0.717) is 0 Å². The Morgan fingerprint density at radius 1 is 1.56 bits per heavy atom. The molecule has 2 nitrogen and oxygen atoms in total. The average Bonchev–Trinajstić information content (AvgIpc) is 1.77. The molecular weight excluding hydrogens is 284 g/mol. The standard InChI is InChI=1S/C6H6N2.W/c7-5-3-1-2-4-6(5)8;/h1,3-4,8H,2H2;/q-2;+2. The van der Waals surface area contributed by atoms with Crippen molar-refractivity contribution >= 4 is 5.71 Å². The smallest absolute Gasteiger partial charge is 0.805 e. The van der Waals surface area contributed by atoms with E-state index >= 15 is 0 Å². The molecule has 3 heteroatoms. The first-order valence-corrected chi connectivity index (χ1v) is 2.45. The number of allylic oxidation sites excluding steroid dienone is 3. The summed E-state index contributed by atoms with van der Waals surface area (Å²) in [6.07, 6.45) is 5.79. The van der Waals surface area contributed by atoms with Crippen molar-refractivity contribution in [1.82, 2.24) is 0 Å². The summed E-state index contributed by atoms with van der Waals surface area (Å²) in [6.45, 7) is 0. The van der Waals surface area contributed by atoms with Gasteiger partial charge in [0.25, 0.3) is 0 Å². The third-order valence-corrected chi connectivity index (χ3v) is 1.01. The monoisotopic (exact) mass is 290 g/mol. The van der Waals surface area contributed by atoms with E-state index in [-0.39, 0.29) is 32.5 Å². The van der Waals surface area contributed by atoms with Crippen molar-refractivity contribution < 1.29 is 21.1 Å². The summed E-state index contributed by atoms with van der Waals surface area (Å²) in [5, 5.41) is 8.75. The van der Waals surface area contributed by atoms with Crippen LogP contribution in [-0.4, -0.2) is 5.71 Å². The van der Waals surface area contributed by atoms with Crippen LogP contribution in [0.1, 0.15) is 6.42 Å². The van der Waals surface area contributed by atoms with E-state index in [9.17, 15) is 0 Å². The molecule has 0 radical (unpaired) electrons. The summed E-state index contributed by atoms with van der Waals surface area (Å²) in [6, 6.07) is 0. The molecule has 0 atom stereocenters. The van der Waals surface area contributed by atoms with Gasteiger partial charge in [-0.2, -0.15) is 11.4 Å². The molecule has 1 rings (SSSR count). The van der Waals surface area contributed by atoms with Gasteiger partial charge in [-0.05, 0) is 6.42 Å². The largest absolute Gasteiger partial charge is 2.00 e. The summed E-state index contributed by atoms with van der Waals surface area (Å²) in [5.74, 6) is 0. The van der Waals surface area contributed by atoms with Crippen LogP contribution in [0.25, 0.3) is 11.1 Å². The molecule has 0 aromatic carbocycles. The van der Waals surface area contributed by atoms with Crippen molar-refractivity contribution in [2.24, 2.45) is 0 Å². The molecule has 0 unspecified atom stereocenters. The molecule has 1 aliphatic rings. The molecule has 9 heavy (non-hydrogen) atoms. The average molecular weight is 290 g/mol. The van der Waals surface area contributed by atoms with Crippen molar-refractivity contribution in [1.29, 1.82) is 0 Å². The van der Waals surface area contributed by atoms with Gasteiger partial charge in [0.05, 0.1) is 0 Å². The van der Waals surface area contributed by atoms with Gasteiger partial charge in [-0.25, -0.2) is 0 Å². The Hall–Kier alpha value is -0.362. The predicted octanol–water partition coefficient (Wildman–Crippen LogP) is 1.89. The van der Waals surface area contributed by atoms with Crippen LogP contribution in [0.5, 0.6) is 0 Å². The molecule has 46 valence electrons. The van der Waals surface area contributed by atoms with E-state index in [4.69, 9.17) is 11.1 Å². The van der Waals surface area contributed by atoms with Crippen molar-refractivity contribution in [2.45, 2.75) is 6.42 Å². The zero-order valence-corrected chi connectivity index (χ0v) is 7.73. The minimum atomic E-state index is 0. The van der Waals surface area contributed by atoms with Crippen molar-refractivity contribution in [3.8, 4) is 0 Å². The van der Waals surface area contributed by atoms with Gasteiger partial charge in [-0.15, -0.1) is 0 Å². The number of nitrogens with zero attached hydrogens (tertiary/aromatic N) is 1. The van der Waals surface area contributed by atoms with Crippen LogP contribution < -0.4 is 0 Å². The molecule has 0 saturated carbocycles. The Bertz CT molecular complexity index is 170. The third-order valence-electron chi connectivity index (χ3n) is 1.01. The van der Waals surface area contributed by atoms with Crippen LogP contribution in [0.2, 0.25) is 0 Å². The van der Waals surface area contributed by atoms with Crippen LogP contribution in [-0.2, 0) is 21.1 Å². The normalized spacial score (nSPS) is 16.4. The van der Waals surface area contributed by atoms with Crippen LogP contribution >= 0.6 is 0 Å². The van der Waals surface area contributed by atoms with Gasteiger partial charge in [-0.3, -0.25) is 0 Å². The predicted molar refractivity (Wildman–Crippen MR) is 34.5 cm³/mol. The summed E-state index contributed by atoms with van der Waals surface area (Å²) < 4.78 is 0. The fourth-order valence-corrected chi connectivity index (χ4v) is 0.560. The first kappa shape index (κ1) is 8.64. The maximum Gasteiger partial charge on any atom is 2.00 e. The SMILES string of the molecule is [N-]=C1C=CCC=C1[NH-].[W+2]. The van der Waals surface area contributed by atoms with E-state index in [2.05, 4.69) is 0 Å². The van der Waals surface area contributed by atoms with Gasteiger partial charge < -0.3 is 11.1 Å². The molecule has 0 aromatic rings. The zero-order chi connectivity index (χ0) is 5.98. The zero-order valence-electron chi connectivity index (χ0n) is 4.79. The van der Waals surface area contributed by atoms with Gasteiger partial charge in [-0.1, -0.05) is 18.2 Å². The number of nitrogens with one attached hydrogen (secondary N) is 1. The molecule has 0 aliphatic heterocycles. The van der Waals surface area contributed by atoms with E-state index in [1.165, 1.54) is 0 Å². The third kappa shape index (κ3) is 2.15. The van der Waals surface area contributed by atoms with Gasteiger partial charge in [0, 0.05) is 0 Å². The molecule has 0 bridgehead atoms. The fraction of sp³-hybridized carbons (Fsp3) is 0.167. The Kier molecular flexibility index (Phi) is 3.48. The Labute approximate surface area is 68.6 Å². The molecular formula is C6H6N2W. The topological polar surface area (TPSA) is 46.1 Å². The van der Waals surface area contributed by atoms with Crippen LogP contribution in [0.4, 0.5) is 0 Å². The summed E-state index contributed by atoms with van der Waals surface area (Å²) in [7, 11) is 0. The minimum Gasteiger partial charge on any atom is -0.805 e. The maximum atomic E-state index is 8.75. The second-order valence-electron chi connectivity index (χ2n) is 1.64. The molecule has 0 fully saturated rings. The molecule has 0 amide bonds. The van der Waals surface area contributed by atoms with Gasteiger partial charge in [0.2, 0.25) is 0 Å². The molecule has 0 heterocycles. The van der Waals surface area contributed by atoms with Crippen molar-refractivity contribution in [3.63, 3.8) is 0 Å². The van der Waals surface area contributed by atoms with Crippen LogP contribution in [0.15, 0.2) is 23.9 Å². The molecule has 1 aliphatic carbocycles. The van der Waals surface area contributed by atoms with E-state index in [0.717, 1.165) is 6.42 Å². The molecule has 1 N–H and O–H groups in total. The molecule has 0 aromatic heterocycles. The number of hydrogen-bond donors (Lipinski definition) is 0. The maximum absolute atomic E-state index is 8.75. The summed E-state index contributed by atoms with van der Waals surface area (Å²) in [5.41, 5.74) is 7.30. The quantitative estimate of drug-likeness (QED) is 0.654. The number of hydrogen-bond acceptors (Lipinski definition) is 0. The second kappa shape index (κ2) is 3.62. The second-order valence-corrected chi connectivity index (χ2v) is 1.64. The van der Waals surface area contributed by atoms with Gasteiger partial charge >= 0.3 is 21.1 Å². The van der Waals surface area contributed by atoms with Crippen molar-refractivity contribution in [3.05, 3.63) is 35.1 Å². The Morgan fingerprint density at radius 2 is 2.22 bits per heavy atom. The van der Waals surface area contributed by atoms with Gasteiger partial charge in [0.15, 0.2) is 0 Å². The molecule has 0 saturated heterocycles. The Balaban J connectivity index is 0.000000640. The van der Waals surface area contributed by atoms with E-state index in [1.54, 1.807) is 12.2 Å². The minimum absolute atomic E-state index is 0. The fourth-order valence-electron chi connectivity index (χ4n) is 0.560. The van der Waals surface area contributed by atoms with E-state index < -0.39 is 0 Å². The Morgan fingerprint density at radius 3 is 2.56 bits per heavy atom.